The maximum absolute atomic E-state index is 12.7. The van der Waals surface area contributed by atoms with E-state index in [0.29, 0.717) is 17.1 Å². The first-order valence-electron chi connectivity index (χ1n) is 7.18. The minimum atomic E-state index is -0.0570. The molecule has 22 heavy (non-hydrogen) atoms. The molecule has 1 aromatic carbocycles. The number of amides is 1. The Bertz CT molecular complexity index is 718. The fraction of sp³-hybridized carbons (Fsp3) is 0.294. The van der Waals surface area contributed by atoms with Crippen molar-refractivity contribution in [2.45, 2.75) is 19.4 Å². The fourth-order valence-electron chi connectivity index (χ4n) is 2.65. The van der Waals surface area contributed by atoms with Crippen LogP contribution in [0.2, 0.25) is 5.02 Å². The standard InChI is InChI=1S/C17H17ClN2O2/c1-11(22-2)13-8-15(10-19-9-13)20-6-5-12-7-14(18)3-4-16(12)17(20)21/h3-4,7-11H,5-6H2,1-2H3. The Morgan fingerprint density at radius 1 is 1.32 bits per heavy atom. The van der Waals surface area contributed by atoms with Crippen LogP contribution < -0.4 is 4.90 Å². The third kappa shape index (κ3) is 2.72. The molecular formula is C17H17ClN2O2. The number of anilines is 1. The molecule has 1 aliphatic rings. The van der Waals surface area contributed by atoms with Gasteiger partial charge < -0.3 is 9.64 Å². The fourth-order valence-corrected chi connectivity index (χ4v) is 2.85. The van der Waals surface area contributed by atoms with E-state index in [1.54, 1.807) is 36.5 Å². The maximum Gasteiger partial charge on any atom is 0.258 e. The van der Waals surface area contributed by atoms with Gasteiger partial charge in [-0.3, -0.25) is 9.78 Å². The number of hydrogen-bond acceptors (Lipinski definition) is 3. The van der Waals surface area contributed by atoms with E-state index in [-0.39, 0.29) is 12.0 Å². The second kappa shape index (κ2) is 6.07. The molecule has 5 heteroatoms. The van der Waals surface area contributed by atoms with Crippen molar-refractivity contribution in [2.24, 2.45) is 0 Å². The average Bonchev–Trinajstić information content (AvgIpc) is 2.54. The number of rotatable bonds is 3. The number of hydrogen-bond donors (Lipinski definition) is 0. The van der Waals surface area contributed by atoms with Crippen LogP contribution >= 0.6 is 11.6 Å². The molecule has 0 bridgehead atoms. The van der Waals surface area contributed by atoms with E-state index >= 15 is 0 Å². The third-order valence-electron chi connectivity index (χ3n) is 4.03. The van der Waals surface area contributed by atoms with Crippen LogP contribution in [0.3, 0.4) is 0 Å². The highest BCUT2D eigenvalue weighted by atomic mass is 35.5. The molecule has 1 atom stereocenters. The topological polar surface area (TPSA) is 42.4 Å². The van der Waals surface area contributed by atoms with Crippen LogP contribution in [-0.2, 0) is 11.2 Å². The molecule has 1 amide bonds. The van der Waals surface area contributed by atoms with Gasteiger partial charge in [0.15, 0.2) is 0 Å². The highest BCUT2D eigenvalue weighted by Gasteiger charge is 2.26. The summed E-state index contributed by atoms with van der Waals surface area (Å²) in [4.78, 5) is 18.7. The number of nitrogens with zero attached hydrogens (tertiary/aromatic N) is 2. The van der Waals surface area contributed by atoms with Gasteiger partial charge in [-0.1, -0.05) is 11.6 Å². The Labute approximate surface area is 134 Å². The van der Waals surface area contributed by atoms with Crippen molar-refractivity contribution in [1.82, 2.24) is 4.98 Å². The molecule has 0 saturated carbocycles. The zero-order chi connectivity index (χ0) is 15.7. The molecule has 0 spiro atoms. The van der Waals surface area contributed by atoms with Crippen molar-refractivity contribution in [3.8, 4) is 0 Å². The van der Waals surface area contributed by atoms with Crippen LogP contribution in [-0.4, -0.2) is 24.5 Å². The smallest absolute Gasteiger partial charge is 0.258 e. The lowest BCUT2D eigenvalue weighted by Gasteiger charge is -2.29. The van der Waals surface area contributed by atoms with Gasteiger partial charge in [0.25, 0.3) is 5.91 Å². The van der Waals surface area contributed by atoms with E-state index in [0.717, 1.165) is 23.2 Å². The largest absolute Gasteiger partial charge is 0.377 e. The van der Waals surface area contributed by atoms with Gasteiger partial charge in [0.2, 0.25) is 0 Å². The summed E-state index contributed by atoms with van der Waals surface area (Å²) in [6.45, 7) is 2.58. The monoisotopic (exact) mass is 316 g/mol. The summed E-state index contributed by atoms with van der Waals surface area (Å²) in [5, 5.41) is 0.664. The average molecular weight is 317 g/mol. The summed E-state index contributed by atoms with van der Waals surface area (Å²) < 4.78 is 5.32. The number of benzene rings is 1. The number of halogens is 1. The van der Waals surface area contributed by atoms with Gasteiger partial charge in [-0.25, -0.2) is 0 Å². The maximum atomic E-state index is 12.7. The van der Waals surface area contributed by atoms with Crippen LogP contribution in [0.25, 0.3) is 0 Å². The van der Waals surface area contributed by atoms with E-state index in [1.165, 1.54) is 0 Å². The van der Waals surface area contributed by atoms with E-state index in [2.05, 4.69) is 4.98 Å². The van der Waals surface area contributed by atoms with Gasteiger partial charge in [-0.05, 0) is 43.2 Å². The Hall–Kier alpha value is -1.91. The van der Waals surface area contributed by atoms with Crippen molar-refractivity contribution >= 4 is 23.2 Å². The molecule has 0 N–H and O–H groups in total. The number of pyridine rings is 1. The number of carbonyl (C=O) groups is 1. The Morgan fingerprint density at radius 2 is 2.14 bits per heavy atom. The number of methoxy groups -OCH3 is 1. The van der Waals surface area contributed by atoms with Crippen molar-refractivity contribution in [1.29, 1.82) is 0 Å². The molecule has 2 aromatic rings. The third-order valence-corrected chi connectivity index (χ3v) is 4.26. The molecule has 0 saturated heterocycles. The molecule has 1 unspecified atom stereocenters. The molecule has 3 rings (SSSR count). The SMILES string of the molecule is COC(C)c1cncc(N2CCc3cc(Cl)ccc3C2=O)c1. The lowest BCUT2D eigenvalue weighted by Crippen LogP contribution is -2.37. The summed E-state index contributed by atoms with van der Waals surface area (Å²) in [6.07, 6.45) is 4.20. The normalized spacial score (nSPS) is 15.6. The first-order valence-corrected chi connectivity index (χ1v) is 7.56. The zero-order valence-corrected chi connectivity index (χ0v) is 13.3. The molecule has 0 radical (unpaired) electrons. The molecule has 0 aliphatic carbocycles. The lowest BCUT2D eigenvalue weighted by atomic mass is 9.98. The highest BCUT2D eigenvalue weighted by Crippen LogP contribution is 2.28. The Morgan fingerprint density at radius 3 is 2.91 bits per heavy atom. The molecule has 2 heterocycles. The molecule has 114 valence electrons. The van der Waals surface area contributed by atoms with Gasteiger partial charge in [-0.2, -0.15) is 0 Å². The van der Waals surface area contributed by atoms with Gasteiger partial charge in [0, 0.05) is 36.0 Å². The summed E-state index contributed by atoms with van der Waals surface area (Å²) in [5.41, 5.74) is 3.46. The Kier molecular flexibility index (Phi) is 4.14. The van der Waals surface area contributed by atoms with Gasteiger partial charge in [0.1, 0.15) is 0 Å². The van der Waals surface area contributed by atoms with Crippen molar-refractivity contribution in [2.75, 3.05) is 18.6 Å². The minimum Gasteiger partial charge on any atom is -0.377 e. The van der Waals surface area contributed by atoms with Crippen molar-refractivity contribution in [3.05, 3.63) is 58.4 Å². The van der Waals surface area contributed by atoms with Crippen LogP contribution in [0.4, 0.5) is 5.69 Å². The number of fused-ring (bicyclic) bond motifs is 1. The van der Waals surface area contributed by atoms with Gasteiger partial charge in [0.05, 0.1) is 18.0 Å². The van der Waals surface area contributed by atoms with Crippen LogP contribution in [0.5, 0.6) is 0 Å². The molecule has 1 aliphatic heterocycles. The molecule has 0 fully saturated rings. The number of aromatic nitrogens is 1. The van der Waals surface area contributed by atoms with E-state index in [9.17, 15) is 4.79 Å². The van der Waals surface area contributed by atoms with E-state index in [4.69, 9.17) is 16.3 Å². The van der Waals surface area contributed by atoms with Crippen LogP contribution in [0.15, 0.2) is 36.7 Å². The zero-order valence-electron chi connectivity index (χ0n) is 12.5. The van der Waals surface area contributed by atoms with E-state index in [1.807, 2.05) is 19.1 Å². The first-order chi connectivity index (χ1) is 10.6. The van der Waals surface area contributed by atoms with Gasteiger partial charge >= 0.3 is 0 Å². The molecule has 1 aromatic heterocycles. The first kappa shape index (κ1) is 15.0. The second-order valence-corrected chi connectivity index (χ2v) is 5.80. The summed E-state index contributed by atoms with van der Waals surface area (Å²) in [5.74, 6) is -0.0121. The molecule has 4 nitrogen and oxygen atoms in total. The molecular weight excluding hydrogens is 300 g/mol. The summed E-state index contributed by atoms with van der Waals surface area (Å²) >= 11 is 6.00. The van der Waals surface area contributed by atoms with Crippen molar-refractivity contribution in [3.63, 3.8) is 0 Å². The number of carbonyl (C=O) groups excluding carboxylic acids is 1. The lowest BCUT2D eigenvalue weighted by molar-refractivity contribution is 0.0980. The van der Waals surface area contributed by atoms with E-state index < -0.39 is 0 Å². The van der Waals surface area contributed by atoms with Gasteiger partial charge in [-0.15, -0.1) is 0 Å². The predicted octanol–water partition coefficient (Wildman–Crippen LogP) is 3.65. The minimum absolute atomic E-state index is 0.0121. The van der Waals surface area contributed by atoms with Crippen LogP contribution in [0, 0.1) is 0 Å². The summed E-state index contributed by atoms with van der Waals surface area (Å²) in [6, 6.07) is 7.37. The van der Waals surface area contributed by atoms with Crippen molar-refractivity contribution < 1.29 is 9.53 Å². The quantitative estimate of drug-likeness (QED) is 0.868. The predicted molar refractivity (Wildman–Crippen MR) is 86.5 cm³/mol. The summed E-state index contributed by atoms with van der Waals surface area (Å²) in [7, 11) is 1.66. The second-order valence-electron chi connectivity index (χ2n) is 5.36. The number of ether oxygens (including phenoxy) is 1. The van der Waals surface area contributed by atoms with Crippen LogP contribution in [0.1, 0.15) is 34.5 Å². The highest BCUT2D eigenvalue weighted by molar-refractivity contribution is 6.30. The Balaban J connectivity index is 1.94.